The number of ether oxygens (including phenoxy) is 1. The molecule has 94 valence electrons. The molecule has 1 fully saturated rings. The molecule has 0 N–H and O–H groups in total. The topological polar surface area (TPSA) is 25.4 Å². The molecule has 0 radical (unpaired) electrons. The number of nitrogens with zero attached hydrogens (tertiary/aromatic N) is 2. The van der Waals surface area contributed by atoms with Gasteiger partial charge in [-0.2, -0.15) is 0 Å². The van der Waals surface area contributed by atoms with Gasteiger partial charge in [-0.25, -0.2) is 4.98 Å². The lowest BCUT2D eigenvalue weighted by atomic mass is 10.1. The van der Waals surface area contributed by atoms with E-state index in [1.165, 1.54) is 0 Å². The summed E-state index contributed by atoms with van der Waals surface area (Å²) in [7, 11) is 0. The van der Waals surface area contributed by atoms with Crippen molar-refractivity contribution in [2.24, 2.45) is 0 Å². The monoisotopic (exact) mass is 254 g/mol. The summed E-state index contributed by atoms with van der Waals surface area (Å²) in [6.45, 7) is 5.98. The third kappa shape index (κ3) is 2.90. The van der Waals surface area contributed by atoms with Crippen molar-refractivity contribution in [2.45, 2.75) is 38.3 Å². The number of pyridine rings is 1. The van der Waals surface area contributed by atoms with Crippen molar-refractivity contribution in [1.29, 1.82) is 0 Å². The van der Waals surface area contributed by atoms with Gasteiger partial charge in [0.1, 0.15) is 5.82 Å². The van der Waals surface area contributed by atoms with Gasteiger partial charge in [-0.05, 0) is 25.0 Å². The molecule has 1 aliphatic heterocycles. The van der Waals surface area contributed by atoms with Crippen LogP contribution in [0.2, 0.25) is 0 Å². The predicted octanol–water partition coefficient (Wildman–Crippen LogP) is 2.82. The maximum Gasteiger partial charge on any atom is 0.128 e. The van der Waals surface area contributed by atoms with Gasteiger partial charge in [0.05, 0.1) is 18.8 Å². The number of rotatable bonds is 3. The molecule has 0 saturated carbocycles. The fraction of sp³-hybridized carbons (Fsp3) is 0.615. The summed E-state index contributed by atoms with van der Waals surface area (Å²) >= 11 is 5.77. The molecule has 0 aliphatic carbocycles. The number of alkyl halides is 1. The first-order valence-electron chi connectivity index (χ1n) is 6.13. The van der Waals surface area contributed by atoms with Crippen LogP contribution < -0.4 is 4.90 Å². The molecule has 1 aliphatic rings. The van der Waals surface area contributed by atoms with Gasteiger partial charge in [0.2, 0.25) is 0 Å². The van der Waals surface area contributed by atoms with Gasteiger partial charge in [-0.15, -0.1) is 11.6 Å². The summed E-state index contributed by atoms with van der Waals surface area (Å²) in [5.74, 6) is 1.55. The van der Waals surface area contributed by atoms with E-state index in [1.54, 1.807) is 0 Å². The summed E-state index contributed by atoms with van der Waals surface area (Å²) in [6.07, 6.45) is 3.20. The van der Waals surface area contributed by atoms with Gasteiger partial charge in [-0.3, -0.25) is 0 Å². The Morgan fingerprint density at radius 1 is 1.53 bits per heavy atom. The van der Waals surface area contributed by atoms with Crippen LogP contribution >= 0.6 is 11.6 Å². The van der Waals surface area contributed by atoms with E-state index in [0.717, 1.165) is 31.0 Å². The van der Waals surface area contributed by atoms with Crippen LogP contribution in [-0.4, -0.2) is 30.3 Å². The number of aromatic nitrogens is 1. The molecule has 1 saturated heterocycles. The fourth-order valence-electron chi connectivity index (χ4n) is 2.13. The molecule has 0 amide bonds. The zero-order valence-corrected chi connectivity index (χ0v) is 11.2. The van der Waals surface area contributed by atoms with Crippen LogP contribution in [0.3, 0.4) is 0 Å². The summed E-state index contributed by atoms with van der Waals surface area (Å²) in [6, 6.07) is 4.53. The van der Waals surface area contributed by atoms with E-state index in [1.807, 2.05) is 12.3 Å². The van der Waals surface area contributed by atoms with E-state index in [2.05, 4.69) is 29.8 Å². The van der Waals surface area contributed by atoms with Crippen molar-refractivity contribution in [3.05, 3.63) is 23.9 Å². The highest BCUT2D eigenvalue weighted by Gasteiger charge is 2.26. The Balaban J connectivity index is 2.16. The highest BCUT2D eigenvalue weighted by atomic mass is 35.5. The van der Waals surface area contributed by atoms with Gasteiger partial charge in [0, 0.05) is 18.6 Å². The lowest BCUT2D eigenvalue weighted by Crippen LogP contribution is -2.49. The average molecular weight is 255 g/mol. The van der Waals surface area contributed by atoms with Crippen molar-refractivity contribution < 1.29 is 4.74 Å². The molecule has 2 heterocycles. The average Bonchev–Trinajstić information content (AvgIpc) is 2.39. The van der Waals surface area contributed by atoms with Crippen molar-refractivity contribution >= 4 is 17.4 Å². The van der Waals surface area contributed by atoms with E-state index in [0.29, 0.717) is 11.9 Å². The smallest absolute Gasteiger partial charge is 0.128 e. The van der Waals surface area contributed by atoms with Crippen LogP contribution in [0.5, 0.6) is 0 Å². The number of hydrogen-bond acceptors (Lipinski definition) is 3. The Labute approximate surface area is 108 Å². The molecule has 2 unspecified atom stereocenters. The van der Waals surface area contributed by atoms with Crippen molar-refractivity contribution in [2.75, 3.05) is 18.1 Å². The SMILES string of the molecule is CCC1COC(C)CN1c1ccc(CCl)cn1. The zero-order valence-electron chi connectivity index (χ0n) is 10.4. The summed E-state index contributed by atoms with van der Waals surface area (Å²) in [5.41, 5.74) is 1.06. The van der Waals surface area contributed by atoms with Crippen molar-refractivity contribution in [3.8, 4) is 0 Å². The molecule has 0 bridgehead atoms. The second kappa shape index (κ2) is 5.69. The minimum atomic E-state index is 0.271. The Morgan fingerprint density at radius 2 is 2.35 bits per heavy atom. The van der Waals surface area contributed by atoms with Gasteiger partial charge in [0.25, 0.3) is 0 Å². The molecule has 17 heavy (non-hydrogen) atoms. The molecular weight excluding hydrogens is 236 g/mol. The molecule has 0 aromatic carbocycles. The minimum absolute atomic E-state index is 0.271. The van der Waals surface area contributed by atoms with Crippen LogP contribution in [0.4, 0.5) is 5.82 Å². The van der Waals surface area contributed by atoms with Gasteiger partial charge in [0.15, 0.2) is 0 Å². The minimum Gasteiger partial charge on any atom is -0.375 e. The quantitative estimate of drug-likeness (QED) is 0.776. The first kappa shape index (κ1) is 12.7. The second-order valence-electron chi connectivity index (χ2n) is 4.52. The van der Waals surface area contributed by atoms with Gasteiger partial charge >= 0.3 is 0 Å². The lowest BCUT2D eigenvalue weighted by molar-refractivity contribution is 0.0296. The Hall–Kier alpha value is -0.800. The van der Waals surface area contributed by atoms with Crippen molar-refractivity contribution in [1.82, 2.24) is 4.98 Å². The third-order valence-corrected chi connectivity index (χ3v) is 3.51. The molecule has 3 nitrogen and oxygen atoms in total. The summed E-state index contributed by atoms with van der Waals surface area (Å²) in [5, 5.41) is 0. The van der Waals surface area contributed by atoms with Crippen molar-refractivity contribution in [3.63, 3.8) is 0 Å². The molecule has 1 aromatic rings. The van der Waals surface area contributed by atoms with Crippen LogP contribution in [0.15, 0.2) is 18.3 Å². The summed E-state index contributed by atoms with van der Waals surface area (Å²) < 4.78 is 5.69. The molecule has 2 rings (SSSR count). The maximum absolute atomic E-state index is 5.77. The first-order chi connectivity index (χ1) is 8.24. The first-order valence-corrected chi connectivity index (χ1v) is 6.67. The molecular formula is C13H19ClN2O. The van der Waals surface area contributed by atoms with Crippen LogP contribution in [0, 0.1) is 0 Å². The van der Waals surface area contributed by atoms with E-state index >= 15 is 0 Å². The van der Waals surface area contributed by atoms with E-state index in [4.69, 9.17) is 16.3 Å². The highest BCUT2D eigenvalue weighted by molar-refractivity contribution is 6.17. The Morgan fingerprint density at radius 3 is 2.94 bits per heavy atom. The number of hydrogen-bond donors (Lipinski definition) is 0. The van der Waals surface area contributed by atoms with E-state index < -0.39 is 0 Å². The highest BCUT2D eigenvalue weighted by Crippen LogP contribution is 2.21. The molecule has 4 heteroatoms. The number of morpholine rings is 1. The Bertz CT molecular complexity index is 355. The summed E-state index contributed by atoms with van der Waals surface area (Å²) in [4.78, 5) is 6.83. The predicted molar refractivity (Wildman–Crippen MR) is 70.6 cm³/mol. The van der Waals surface area contributed by atoms with Gasteiger partial charge in [-0.1, -0.05) is 13.0 Å². The molecule has 1 aromatic heterocycles. The maximum atomic E-state index is 5.77. The Kier molecular flexibility index (Phi) is 4.24. The van der Waals surface area contributed by atoms with Crippen LogP contribution in [0.1, 0.15) is 25.8 Å². The second-order valence-corrected chi connectivity index (χ2v) is 4.78. The normalized spacial score (nSPS) is 25.0. The number of halogens is 1. The molecule has 2 atom stereocenters. The van der Waals surface area contributed by atoms with Crippen LogP contribution in [-0.2, 0) is 10.6 Å². The third-order valence-electron chi connectivity index (χ3n) is 3.20. The van der Waals surface area contributed by atoms with Gasteiger partial charge < -0.3 is 9.64 Å². The van der Waals surface area contributed by atoms with E-state index in [9.17, 15) is 0 Å². The standard InChI is InChI=1S/C13H19ClN2O/c1-3-12-9-17-10(2)8-16(12)13-5-4-11(6-14)7-15-13/h4-5,7,10,12H,3,6,8-9H2,1-2H3. The molecule has 0 spiro atoms. The lowest BCUT2D eigenvalue weighted by Gasteiger charge is -2.39. The zero-order chi connectivity index (χ0) is 12.3. The largest absolute Gasteiger partial charge is 0.375 e. The van der Waals surface area contributed by atoms with E-state index in [-0.39, 0.29) is 6.10 Å². The number of anilines is 1. The van der Waals surface area contributed by atoms with Crippen LogP contribution in [0.25, 0.3) is 0 Å². The fourth-order valence-corrected chi connectivity index (χ4v) is 2.29.